The second-order valence-corrected chi connectivity index (χ2v) is 11.1. The molecule has 0 aliphatic heterocycles. The van der Waals surface area contributed by atoms with Gasteiger partial charge in [0.15, 0.2) is 5.43 Å². The molecule has 2 heterocycles. The van der Waals surface area contributed by atoms with Crippen molar-refractivity contribution in [3.63, 3.8) is 0 Å². The zero-order valence-electron chi connectivity index (χ0n) is 21.7. The number of hydrogen-bond acceptors (Lipinski definition) is 6. The normalized spacial score (nSPS) is 14.8. The fourth-order valence-corrected chi connectivity index (χ4v) is 6.19. The summed E-state index contributed by atoms with van der Waals surface area (Å²) in [6.07, 6.45) is -0.746. The molecule has 1 aliphatic rings. The number of nitrogens with one attached hydrogen (secondary N) is 1. The Kier molecular flexibility index (Phi) is 6.61. The Balaban J connectivity index is 1.72. The van der Waals surface area contributed by atoms with Gasteiger partial charge in [0.25, 0.3) is 0 Å². The van der Waals surface area contributed by atoms with E-state index in [9.17, 15) is 35.5 Å². The molecular weight excluding hydrogens is 578 g/mol. The van der Waals surface area contributed by atoms with Gasteiger partial charge in [-0.1, -0.05) is 41.3 Å². The van der Waals surface area contributed by atoms with Gasteiger partial charge in [0, 0.05) is 22.5 Å². The van der Waals surface area contributed by atoms with Crippen molar-refractivity contribution in [1.82, 2.24) is 9.55 Å². The molecule has 1 N–H and O–H groups in total. The second-order valence-electron chi connectivity index (χ2n) is 10.1. The summed E-state index contributed by atoms with van der Waals surface area (Å²) in [6, 6.07) is 14.1. The Morgan fingerprint density at radius 1 is 1.00 bits per heavy atom. The van der Waals surface area contributed by atoms with Crippen LogP contribution in [0.1, 0.15) is 43.7 Å². The van der Waals surface area contributed by atoms with Gasteiger partial charge in [-0.25, -0.2) is 0 Å². The minimum Gasteiger partial charge on any atom is -0.405 e. The Morgan fingerprint density at radius 2 is 1.76 bits per heavy atom. The molecular formula is C29H21F4N3O5S. The number of aromatic amines is 1. The van der Waals surface area contributed by atoms with Crippen molar-refractivity contribution in [2.24, 2.45) is 0 Å². The quantitative estimate of drug-likeness (QED) is 0.169. The van der Waals surface area contributed by atoms with Crippen LogP contribution in [0.4, 0.5) is 17.1 Å². The third-order valence-corrected chi connectivity index (χ3v) is 7.88. The molecule has 0 atom stereocenters. The van der Waals surface area contributed by atoms with Crippen LogP contribution in [0, 0.1) is 11.3 Å². The first kappa shape index (κ1) is 27.6. The lowest BCUT2D eigenvalue weighted by Gasteiger charge is -2.28. The van der Waals surface area contributed by atoms with Gasteiger partial charge in [-0.15, -0.1) is 13.2 Å². The highest BCUT2D eigenvalue weighted by atomic mass is 32.3. The van der Waals surface area contributed by atoms with Crippen molar-refractivity contribution in [1.29, 1.82) is 5.26 Å². The van der Waals surface area contributed by atoms with E-state index < -0.39 is 33.8 Å². The first-order valence-corrected chi connectivity index (χ1v) is 14.3. The number of H-pyrrole nitrogens is 1. The molecule has 6 rings (SSSR count). The van der Waals surface area contributed by atoms with Gasteiger partial charge in [0.05, 0.1) is 27.9 Å². The predicted octanol–water partition coefficient (Wildman–Crippen LogP) is 7.17. The molecule has 5 aromatic rings. The Labute approximate surface area is 236 Å². The molecule has 0 radical (unpaired) electrons. The average molecular weight is 600 g/mol. The third-order valence-electron chi connectivity index (χ3n) is 7.48. The molecule has 42 heavy (non-hydrogen) atoms. The van der Waals surface area contributed by atoms with Crippen LogP contribution in [0.2, 0.25) is 0 Å². The smallest absolute Gasteiger partial charge is 0.405 e. The molecule has 0 spiro atoms. The van der Waals surface area contributed by atoms with Crippen molar-refractivity contribution >= 4 is 43.3 Å². The van der Waals surface area contributed by atoms with Gasteiger partial charge in [-0.05, 0) is 54.8 Å². The molecule has 0 bridgehead atoms. The van der Waals surface area contributed by atoms with E-state index in [2.05, 4.69) is 20.0 Å². The topological polar surface area (TPSA) is 114 Å². The van der Waals surface area contributed by atoms with Gasteiger partial charge in [0.2, 0.25) is 0 Å². The van der Waals surface area contributed by atoms with E-state index in [1.54, 1.807) is 18.2 Å². The maximum Gasteiger partial charge on any atom is 0.573 e. The molecule has 3 aromatic carbocycles. The maximum absolute atomic E-state index is 14.0. The number of hydrogen-bond donors (Lipinski definition) is 1. The first-order valence-electron chi connectivity index (χ1n) is 13.0. The standard InChI is InChI=1S/C29H21F4N3O5S/c30-29(31,32)40-25-14-22-24(13-21(25)17-5-4-8-19(12-17)41-42(33,38)39)36(18-6-2-1-3-7-18)28-26(27(22)37)20-10-9-16(15-34)11-23(20)35-28/h4-5,8-14,18,35H,1-3,6-7H2. The van der Waals surface area contributed by atoms with Gasteiger partial charge >= 0.3 is 16.9 Å². The number of nitriles is 1. The van der Waals surface area contributed by atoms with E-state index in [0.717, 1.165) is 50.3 Å². The SMILES string of the molecule is N#Cc1ccc2c(c1)[nH]c1c2c(=O)c2cc(OC(F)(F)F)c(-c3cccc(OS(=O)(=O)F)c3)cc2n1C1CCCCC1. The minimum atomic E-state index is -5.40. The molecule has 1 fully saturated rings. The van der Waals surface area contributed by atoms with Crippen LogP contribution in [0.15, 0.2) is 59.4 Å². The Bertz CT molecular complexity index is 2090. The summed E-state index contributed by atoms with van der Waals surface area (Å²) >= 11 is 0. The summed E-state index contributed by atoms with van der Waals surface area (Å²) in [5.74, 6) is -1.16. The summed E-state index contributed by atoms with van der Waals surface area (Å²) in [6.45, 7) is 0. The van der Waals surface area contributed by atoms with Crippen LogP contribution in [0.25, 0.3) is 44.0 Å². The van der Waals surface area contributed by atoms with E-state index in [0.29, 0.717) is 27.6 Å². The number of halogens is 4. The van der Waals surface area contributed by atoms with Crippen molar-refractivity contribution in [3.8, 4) is 28.7 Å². The van der Waals surface area contributed by atoms with Gasteiger partial charge in [0.1, 0.15) is 17.1 Å². The van der Waals surface area contributed by atoms with Crippen molar-refractivity contribution in [2.45, 2.75) is 44.5 Å². The Morgan fingerprint density at radius 3 is 2.45 bits per heavy atom. The number of ether oxygens (including phenoxy) is 1. The molecule has 216 valence electrons. The fourth-order valence-electron chi connectivity index (χ4n) is 5.85. The summed E-state index contributed by atoms with van der Waals surface area (Å²) in [7, 11) is -5.40. The zero-order valence-corrected chi connectivity index (χ0v) is 22.5. The number of fused-ring (bicyclic) bond motifs is 4. The molecule has 0 saturated heterocycles. The zero-order chi connectivity index (χ0) is 29.8. The van der Waals surface area contributed by atoms with Crippen LogP contribution >= 0.6 is 0 Å². The number of nitrogens with zero attached hydrogens (tertiary/aromatic N) is 2. The van der Waals surface area contributed by atoms with E-state index in [1.807, 2.05) is 4.57 Å². The number of alkyl halides is 3. The van der Waals surface area contributed by atoms with Crippen LogP contribution in [-0.2, 0) is 10.5 Å². The van der Waals surface area contributed by atoms with Crippen molar-refractivity contribution < 1.29 is 34.4 Å². The molecule has 0 unspecified atom stereocenters. The lowest BCUT2D eigenvalue weighted by atomic mass is 9.93. The number of benzene rings is 3. The largest absolute Gasteiger partial charge is 0.573 e. The maximum atomic E-state index is 14.0. The molecule has 13 heteroatoms. The third kappa shape index (κ3) is 5.14. The van der Waals surface area contributed by atoms with Crippen LogP contribution in [-0.4, -0.2) is 24.3 Å². The monoisotopic (exact) mass is 599 g/mol. The second kappa shape index (κ2) is 10.1. The van der Waals surface area contributed by atoms with Crippen molar-refractivity contribution in [3.05, 3.63) is 70.4 Å². The number of aromatic nitrogens is 2. The van der Waals surface area contributed by atoms with Crippen LogP contribution < -0.4 is 14.3 Å². The highest BCUT2D eigenvalue weighted by molar-refractivity contribution is 7.81. The summed E-state index contributed by atoms with van der Waals surface area (Å²) in [4.78, 5) is 17.2. The summed E-state index contributed by atoms with van der Waals surface area (Å²) in [5.41, 5.74) is 1.10. The van der Waals surface area contributed by atoms with Crippen LogP contribution in [0.3, 0.4) is 0 Å². The number of rotatable bonds is 5. The van der Waals surface area contributed by atoms with E-state index in [1.165, 1.54) is 18.2 Å². The molecule has 0 amide bonds. The molecule has 8 nitrogen and oxygen atoms in total. The number of pyridine rings is 1. The lowest BCUT2D eigenvalue weighted by molar-refractivity contribution is -0.274. The van der Waals surface area contributed by atoms with Gasteiger partial charge in [-0.3, -0.25) is 4.79 Å². The molecule has 1 aliphatic carbocycles. The lowest BCUT2D eigenvalue weighted by Crippen LogP contribution is -2.20. The van der Waals surface area contributed by atoms with E-state index in [4.69, 9.17) is 0 Å². The minimum absolute atomic E-state index is 0.0138. The Hall–Kier alpha value is -4.57. The van der Waals surface area contributed by atoms with E-state index >= 15 is 0 Å². The van der Waals surface area contributed by atoms with Gasteiger partial charge in [-0.2, -0.15) is 13.7 Å². The summed E-state index contributed by atoms with van der Waals surface area (Å²) < 4.78 is 86.7. The highest BCUT2D eigenvalue weighted by Crippen LogP contribution is 2.41. The van der Waals surface area contributed by atoms with Crippen molar-refractivity contribution in [2.75, 3.05) is 0 Å². The predicted molar refractivity (Wildman–Crippen MR) is 147 cm³/mol. The van der Waals surface area contributed by atoms with Crippen LogP contribution in [0.5, 0.6) is 11.5 Å². The molecule has 2 aromatic heterocycles. The summed E-state index contributed by atoms with van der Waals surface area (Å²) in [5, 5.41) is 10.2. The first-order chi connectivity index (χ1) is 19.9. The molecule has 1 saturated carbocycles. The average Bonchev–Trinajstić information content (AvgIpc) is 3.30. The van der Waals surface area contributed by atoms with E-state index in [-0.39, 0.29) is 27.9 Å². The highest BCUT2D eigenvalue weighted by Gasteiger charge is 2.33. The van der Waals surface area contributed by atoms with Gasteiger partial charge < -0.3 is 18.5 Å². The fraction of sp³-hybridized carbons (Fsp3) is 0.241.